The minimum absolute atomic E-state index is 0.631. The van der Waals surface area contributed by atoms with Gasteiger partial charge < -0.3 is 4.90 Å². The van der Waals surface area contributed by atoms with Gasteiger partial charge in [0.15, 0.2) is 0 Å². The van der Waals surface area contributed by atoms with Gasteiger partial charge in [0.05, 0.1) is 6.04 Å². The molecule has 1 saturated carbocycles. The van der Waals surface area contributed by atoms with E-state index in [1.165, 1.54) is 45.3 Å². The fraction of sp³-hybridized carbons (Fsp3) is 0.688. The summed E-state index contributed by atoms with van der Waals surface area (Å²) in [7, 11) is 0. The van der Waals surface area contributed by atoms with E-state index < -0.39 is 0 Å². The number of rotatable bonds is 3. The van der Waals surface area contributed by atoms with E-state index in [4.69, 9.17) is 0 Å². The molecule has 0 radical (unpaired) electrons. The first-order valence-electron chi connectivity index (χ1n) is 7.78. The maximum Gasteiger partial charge on any atom is 0.0543 e. The van der Waals surface area contributed by atoms with Crippen molar-refractivity contribution in [1.29, 1.82) is 0 Å². The molecule has 19 heavy (non-hydrogen) atoms. The van der Waals surface area contributed by atoms with E-state index in [1.807, 2.05) is 12.3 Å². The molecule has 102 valence electrons. The van der Waals surface area contributed by atoms with Gasteiger partial charge in [0.1, 0.15) is 0 Å². The lowest BCUT2D eigenvalue weighted by atomic mass is 9.92. The van der Waals surface area contributed by atoms with Crippen LogP contribution in [0, 0.1) is 17.8 Å². The molecule has 1 saturated heterocycles. The third kappa shape index (κ3) is 2.25. The Morgan fingerprint density at radius 3 is 2.63 bits per heavy atom. The van der Waals surface area contributed by atoms with Gasteiger partial charge in [0.25, 0.3) is 0 Å². The molecule has 1 aromatic heterocycles. The van der Waals surface area contributed by atoms with Crippen LogP contribution in [-0.4, -0.2) is 34.3 Å². The fourth-order valence-corrected chi connectivity index (χ4v) is 4.30. The quantitative estimate of drug-likeness (QED) is 0.776. The lowest BCUT2D eigenvalue weighted by Gasteiger charge is -2.34. The van der Waals surface area contributed by atoms with Gasteiger partial charge in [-0.05, 0) is 49.5 Å². The standard InChI is InChI=1S/C16H23N3/c1-6-17-19(7-1)16-4-8-18(9-5-16)12-15-11-13-2-3-14(15)10-13/h1-3,6-7,13-16H,4-5,8-12H2/t13-,14-,15-/m0/s1. The Bertz CT molecular complexity index is 443. The number of piperidine rings is 1. The van der Waals surface area contributed by atoms with Crippen LogP contribution in [0.4, 0.5) is 0 Å². The normalized spacial score (nSPS) is 35.3. The summed E-state index contributed by atoms with van der Waals surface area (Å²) in [6.45, 7) is 3.83. The molecule has 0 N–H and O–H groups in total. The van der Waals surface area contributed by atoms with E-state index in [2.05, 4.69) is 33.0 Å². The largest absolute Gasteiger partial charge is 0.303 e. The lowest BCUT2D eigenvalue weighted by molar-refractivity contribution is 0.149. The first-order valence-corrected chi connectivity index (χ1v) is 7.78. The smallest absolute Gasteiger partial charge is 0.0543 e. The van der Waals surface area contributed by atoms with Gasteiger partial charge in [0, 0.05) is 32.0 Å². The van der Waals surface area contributed by atoms with Crippen molar-refractivity contribution in [2.45, 2.75) is 31.7 Å². The van der Waals surface area contributed by atoms with E-state index in [0.717, 1.165) is 17.8 Å². The van der Waals surface area contributed by atoms with Crippen molar-refractivity contribution in [2.24, 2.45) is 17.8 Å². The molecule has 0 aromatic carbocycles. The summed E-state index contributed by atoms with van der Waals surface area (Å²) in [5, 5.41) is 4.39. The maximum atomic E-state index is 4.39. The topological polar surface area (TPSA) is 21.1 Å². The summed E-state index contributed by atoms with van der Waals surface area (Å²) < 4.78 is 2.15. The van der Waals surface area contributed by atoms with Gasteiger partial charge in [0.2, 0.25) is 0 Å². The molecule has 0 unspecified atom stereocenters. The summed E-state index contributed by atoms with van der Waals surface area (Å²) in [5.41, 5.74) is 0. The van der Waals surface area contributed by atoms with E-state index in [0.29, 0.717) is 6.04 Å². The highest BCUT2D eigenvalue weighted by atomic mass is 15.3. The maximum absolute atomic E-state index is 4.39. The summed E-state index contributed by atoms with van der Waals surface area (Å²) >= 11 is 0. The number of likely N-dealkylation sites (tertiary alicyclic amines) is 1. The van der Waals surface area contributed by atoms with Crippen LogP contribution >= 0.6 is 0 Å². The summed E-state index contributed by atoms with van der Waals surface area (Å²) in [4.78, 5) is 2.69. The van der Waals surface area contributed by atoms with Crippen molar-refractivity contribution in [3.8, 4) is 0 Å². The van der Waals surface area contributed by atoms with Crippen LogP contribution in [0.5, 0.6) is 0 Å². The third-order valence-corrected chi connectivity index (χ3v) is 5.37. The first kappa shape index (κ1) is 11.7. The van der Waals surface area contributed by atoms with Crippen LogP contribution < -0.4 is 0 Å². The molecule has 3 atom stereocenters. The lowest BCUT2D eigenvalue weighted by Crippen LogP contribution is -2.38. The van der Waals surface area contributed by atoms with E-state index in [-0.39, 0.29) is 0 Å². The van der Waals surface area contributed by atoms with Gasteiger partial charge in [-0.1, -0.05) is 12.2 Å². The Morgan fingerprint density at radius 1 is 1.11 bits per heavy atom. The SMILES string of the molecule is C1=C[C@H]2C[C@H]1C[C@H]2CN1CCC(n2cccn2)CC1. The highest BCUT2D eigenvalue weighted by Gasteiger charge is 2.36. The summed E-state index contributed by atoms with van der Waals surface area (Å²) in [6, 6.07) is 2.67. The van der Waals surface area contributed by atoms with E-state index in [9.17, 15) is 0 Å². The molecule has 0 amide bonds. The zero-order valence-corrected chi connectivity index (χ0v) is 11.5. The molecule has 2 bridgehead atoms. The fourth-order valence-electron chi connectivity index (χ4n) is 4.30. The predicted molar refractivity (Wildman–Crippen MR) is 75.8 cm³/mol. The summed E-state index contributed by atoms with van der Waals surface area (Å²) in [6.07, 6.45) is 14.3. The number of hydrogen-bond acceptors (Lipinski definition) is 2. The first-order chi connectivity index (χ1) is 9.38. The Hall–Kier alpha value is -1.09. The van der Waals surface area contributed by atoms with Crippen LogP contribution in [0.1, 0.15) is 31.7 Å². The van der Waals surface area contributed by atoms with Crippen LogP contribution in [0.25, 0.3) is 0 Å². The number of fused-ring (bicyclic) bond motifs is 2. The highest BCUT2D eigenvalue weighted by Crippen LogP contribution is 2.43. The van der Waals surface area contributed by atoms with Crippen LogP contribution in [0.3, 0.4) is 0 Å². The average Bonchev–Trinajstić information content (AvgIpc) is 3.17. The van der Waals surface area contributed by atoms with Crippen molar-refractivity contribution in [2.75, 3.05) is 19.6 Å². The second-order valence-electron chi connectivity index (χ2n) is 6.56. The third-order valence-electron chi connectivity index (χ3n) is 5.37. The molecule has 2 fully saturated rings. The second kappa shape index (κ2) is 4.78. The molecule has 2 heterocycles. The van der Waals surface area contributed by atoms with Gasteiger partial charge in [-0.3, -0.25) is 4.68 Å². The van der Waals surface area contributed by atoms with Gasteiger partial charge >= 0.3 is 0 Å². The zero-order chi connectivity index (χ0) is 12.7. The van der Waals surface area contributed by atoms with Gasteiger partial charge in [-0.15, -0.1) is 0 Å². The van der Waals surface area contributed by atoms with Crippen molar-refractivity contribution >= 4 is 0 Å². The molecule has 4 rings (SSSR count). The molecule has 2 aliphatic carbocycles. The van der Waals surface area contributed by atoms with Gasteiger partial charge in [-0.2, -0.15) is 5.10 Å². The highest BCUT2D eigenvalue weighted by molar-refractivity contribution is 5.10. The van der Waals surface area contributed by atoms with Crippen molar-refractivity contribution in [3.63, 3.8) is 0 Å². The summed E-state index contributed by atoms with van der Waals surface area (Å²) in [5.74, 6) is 2.75. The number of aromatic nitrogens is 2. The van der Waals surface area contributed by atoms with E-state index >= 15 is 0 Å². The minimum atomic E-state index is 0.631. The van der Waals surface area contributed by atoms with Crippen molar-refractivity contribution in [3.05, 3.63) is 30.6 Å². The minimum Gasteiger partial charge on any atom is -0.303 e. The number of hydrogen-bond donors (Lipinski definition) is 0. The zero-order valence-electron chi connectivity index (χ0n) is 11.5. The second-order valence-corrected chi connectivity index (χ2v) is 6.56. The molecular weight excluding hydrogens is 234 g/mol. The van der Waals surface area contributed by atoms with Crippen LogP contribution in [0.15, 0.2) is 30.6 Å². The molecule has 3 nitrogen and oxygen atoms in total. The van der Waals surface area contributed by atoms with Crippen molar-refractivity contribution in [1.82, 2.24) is 14.7 Å². The average molecular weight is 257 g/mol. The molecule has 1 aromatic rings. The Labute approximate surface area is 115 Å². The number of allylic oxidation sites excluding steroid dienone is 2. The van der Waals surface area contributed by atoms with E-state index in [1.54, 1.807) is 0 Å². The molecular formula is C16H23N3. The van der Waals surface area contributed by atoms with Crippen LogP contribution in [0.2, 0.25) is 0 Å². The molecule has 3 heteroatoms. The van der Waals surface area contributed by atoms with Crippen molar-refractivity contribution < 1.29 is 0 Å². The Balaban J connectivity index is 1.30. The monoisotopic (exact) mass is 257 g/mol. The number of nitrogens with zero attached hydrogens (tertiary/aromatic N) is 3. The Morgan fingerprint density at radius 2 is 2.00 bits per heavy atom. The van der Waals surface area contributed by atoms with Gasteiger partial charge in [-0.25, -0.2) is 0 Å². The molecule has 1 aliphatic heterocycles. The Kier molecular flexibility index (Phi) is 2.95. The molecule has 0 spiro atoms. The van der Waals surface area contributed by atoms with Crippen LogP contribution in [-0.2, 0) is 0 Å². The predicted octanol–water partition coefficient (Wildman–Crippen LogP) is 2.73. The molecule has 3 aliphatic rings.